The quantitative estimate of drug-likeness (QED) is 0.906. The van der Waals surface area contributed by atoms with Gasteiger partial charge < -0.3 is 19.9 Å². The molecule has 6 heteroatoms. The highest BCUT2D eigenvalue weighted by Gasteiger charge is 2.30. The molecule has 1 saturated heterocycles. The van der Waals surface area contributed by atoms with Gasteiger partial charge in [0.25, 0.3) is 0 Å². The normalized spacial score (nSPS) is 19.9. The first kappa shape index (κ1) is 16.7. The van der Waals surface area contributed by atoms with Crippen molar-refractivity contribution in [2.45, 2.75) is 39.3 Å². The Morgan fingerprint density at radius 1 is 1.33 bits per heavy atom. The number of carbonyl (C=O) groups excluding carboxylic acids is 1. The third-order valence-corrected chi connectivity index (χ3v) is 4.40. The minimum absolute atomic E-state index is 0.0760. The van der Waals surface area contributed by atoms with Gasteiger partial charge in [0.15, 0.2) is 0 Å². The molecule has 24 heavy (non-hydrogen) atoms. The van der Waals surface area contributed by atoms with Crippen LogP contribution in [-0.2, 0) is 9.53 Å². The summed E-state index contributed by atoms with van der Waals surface area (Å²) in [6, 6.07) is 7.41. The van der Waals surface area contributed by atoms with Gasteiger partial charge in [-0.05, 0) is 52.0 Å². The van der Waals surface area contributed by atoms with E-state index in [0.717, 1.165) is 22.8 Å². The summed E-state index contributed by atoms with van der Waals surface area (Å²) in [6.07, 6.45) is 1.81. The Labute approximate surface area is 142 Å². The second kappa shape index (κ2) is 6.37. The molecule has 1 aliphatic heterocycles. The summed E-state index contributed by atoms with van der Waals surface area (Å²) in [5.74, 6) is -0.0760. The number of hydrogen-bond acceptors (Lipinski definition) is 4. The molecule has 1 aromatic carbocycles. The highest BCUT2D eigenvalue weighted by atomic mass is 16.5. The van der Waals surface area contributed by atoms with Crippen molar-refractivity contribution in [3.63, 3.8) is 0 Å². The lowest BCUT2D eigenvalue weighted by Gasteiger charge is -2.35. The van der Waals surface area contributed by atoms with E-state index in [2.05, 4.69) is 15.6 Å². The van der Waals surface area contributed by atoms with Gasteiger partial charge in [0.05, 0.1) is 24.2 Å². The number of nitrogens with one attached hydrogen (secondary N) is 2. The number of ether oxygens (including phenoxy) is 1. The van der Waals surface area contributed by atoms with E-state index in [4.69, 9.17) is 4.74 Å². The summed E-state index contributed by atoms with van der Waals surface area (Å²) in [7, 11) is 0. The zero-order valence-electron chi connectivity index (χ0n) is 14.6. The molecule has 0 spiro atoms. The molecule has 0 aliphatic carbocycles. The molecule has 3 rings (SSSR count). The summed E-state index contributed by atoms with van der Waals surface area (Å²) in [4.78, 5) is 16.6. The summed E-state index contributed by atoms with van der Waals surface area (Å²) in [5, 5.41) is 6.16. The van der Waals surface area contributed by atoms with Gasteiger partial charge in [-0.2, -0.15) is 0 Å². The van der Waals surface area contributed by atoms with Crippen LogP contribution in [0.15, 0.2) is 30.6 Å². The number of imidazole rings is 1. The van der Waals surface area contributed by atoms with Crippen LogP contribution in [-0.4, -0.2) is 40.3 Å². The Balaban J connectivity index is 1.64. The van der Waals surface area contributed by atoms with E-state index in [9.17, 15) is 4.79 Å². The maximum atomic E-state index is 12.3. The fourth-order valence-corrected chi connectivity index (χ4v) is 2.65. The molecule has 6 nitrogen and oxygen atoms in total. The summed E-state index contributed by atoms with van der Waals surface area (Å²) in [5.41, 5.74) is 3.69. The Morgan fingerprint density at radius 3 is 2.58 bits per heavy atom. The highest BCUT2D eigenvalue weighted by Crippen LogP contribution is 2.18. The first-order valence-corrected chi connectivity index (χ1v) is 8.15. The highest BCUT2D eigenvalue weighted by molar-refractivity contribution is 5.95. The number of anilines is 1. The van der Waals surface area contributed by atoms with E-state index in [0.29, 0.717) is 13.2 Å². The number of carbonyl (C=O) groups is 1. The monoisotopic (exact) mass is 328 g/mol. The topological polar surface area (TPSA) is 68.2 Å². The van der Waals surface area contributed by atoms with Gasteiger partial charge in [-0.3, -0.25) is 4.79 Å². The van der Waals surface area contributed by atoms with Gasteiger partial charge >= 0.3 is 0 Å². The maximum absolute atomic E-state index is 12.3. The second-order valence-electron chi connectivity index (χ2n) is 6.83. The lowest BCUT2D eigenvalue weighted by molar-refractivity contribution is -0.126. The predicted molar refractivity (Wildman–Crippen MR) is 93.5 cm³/mol. The molecule has 128 valence electrons. The largest absolute Gasteiger partial charge is 0.372 e. The summed E-state index contributed by atoms with van der Waals surface area (Å²) in [6.45, 7) is 9.07. The van der Waals surface area contributed by atoms with Crippen molar-refractivity contribution >= 4 is 11.6 Å². The van der Waals surface area contributed by atoms with E-state index in [-0.39, 0.29) is 17.6 Å². The Morgan fingerprint density at radius 2 is 2.04 bits per heavy atom. The third kappa shape index (κ3) is 3.49. The number of amides is 1. The number of aryl methyl sites for hydroxylation is 1. The van der Waals surface area contributed by atoms with Crippen molar-refractivity contribution in [3.05, 3.63) is 42.0 Å². The van der Waals surface area contributed by atoms with Crippen LogP contribution in [0.25, 0.3) is 5.69 Å². The average molecular weight is 328 g/mol. The molecule has 1 amide bonds. The molecule has 0 radical (unpaired) electrons. The lowest BCUT2D eigenvalue weighted by atomic mass is 10.1. The molecule has 1 unspecified atom stereocenters. The predicted octanol–water partition coefficient (Wildman–Crippen LogP) is 2.19. The van der Waals surface area contributed by atoms with Crippen LogP contribution in [0, 0.1) is 13.8 Å². The third-order valence-electron chi connectivity index (χ3n) is 4.40. The molecule has 1 aliphatic rings. The molecule has 2 N–H and O–H groups in total. The van der Waals surface area contributed by atoms with Gasteiger partial charge in [0, 0.05) is 23.6 Å². The zero-order chi connectivity index (χ0) is 17.3. The molecule has 0 bridgehead atoms. The van der Waals surface area contributed by atoms with Crippen LogP contribution in [0.5, 0.6) is 0 Å². The van der Waals surface area contributed by atoms with Crippen LogP contribution in [0.1, 0.15) is 25.2 Å². The molecule has 2 heterocycles. The molecule has 0 saturated carbocycles. The van der Waals surface area contributed by atoms with Crippen LogP contribution in [0.2, 0.25) is 0 Å². The Hall–Kier alpha value is -2.18. The van der Waals surface area contributed by atoms with Crippen molar-refractivity contribution in [1.29, 1.82) is 0 Å². The first-order chi connectivity index (χ1) is 11.4. The van der Waals surface area contributed by atoms with E-state index in [1.54, 1.807) is 0 Å². The number of hydrogen-bond donors (Lipinski definition) is 2. The van der Waals surface area contributed by atoms with Crippen molar-refractivity contribution in [2.24, 2.45) is 0 Å². The first-order valence-electron chi connectivity index (χ1n) is 8.15. The van der Waals surface area contributed by atoms with E-state index < -0.39 is 0 Å². The van der Waals surface area contributed by atoms with E-state index >= 15 is 0 Å². The number of benzene rings is 1. The zero-order valence-corrected chi connectivity index (χ0v) is 14.6. The molecular formula is C18H24N4O2. The van der Waals surface area contributed by atoms with E-state index in [1.165, 1.54) is 0 Å². The van der Waals surface area contributed by atoms with Crippen LogP contribution in [0.4, 0.5) is 5.69 Å². The summed E-state index contributed by atoms with van der Waals surface area (Å²) >= 11 is 0. The minimum Gasteiger partial charge on any atom is -0.372 e. The van der Waals surface area contributed by atoms with Crippen LogP contribution < -0.4 is 10.6 Å². The van der Waals surface area contributed by atoms with Gasteiger partial charge in [0.2, 0.25) is 5.91 Å². The molecule has 1 fully saturated rings. The summed E-state index contributed by atoms with van der Waals surface area (Å²) < 4.78 is 7.72. The Kier molecular flexibility index (Phi) is 4.43. The van der Waals surface area contributed by atoms with E-state index in [1.807, 2.05) is 62.9 Å². The van der Waals surface area contributed by atoms with Gasteiger partial charge in [-0.15, -0.1) is 0 Å². The lowest BCUT2D eigenvalue weighted by Crippen LogP contribution is -2.55. The number of aromatic nitrogens is 2. The van der Waals surface area contributed by atoms with Gasteiger partial charge in [-0.1, -0.05) is 0 Å². The van der Waals surface area contributed by atoms with Crippen molar-refractivity contribution in [2.75, 3.05) is 18.5 Å². The number of morpholine rings is 1. The van der Waals surface area contributed by atoms with Crippen LogP contribution >= 0.6 is 0 Å². The smallest absolute Gasteiger partial charge is 0.243 e. The number of rotatable bonds is 3. The van der Waals surface area contributed by atoms with Crippen molar-refractivity contribution < 1.29 is 9.53 Å². The fourth-order valence-electron chi connectivity index (χ4n) is 2.65. The SMILES string of the molecule is Cc1ncn(-c2ccc(NC(=O)C3COC(C)(C)CN3)cc2)c1C. The second-order valence-corrected chi connectivity index (χ2v) is 6.83. The van der Waals surface area contributed by atoms with Crippen LogP contribution in [0.3, 0.4) is 0 Å². The molecule has 1 atom stereocenters. The minimum atomic E-state index is -0.323. The average Bonchev–Trinajstić information content (AvgIpc) is 2.88. The fraction of sp³-hybridized carbons (Fsp3) is 0.444. The molecule has 1 aromatic heterocycles. The van der Waals surface area contributed by atoms with Crippen molar-refractivity contribution in [1.82, 2.24) is 14.9 Å². The Bertz CT molecular complexity index is 724. The number of nitrogens with zero attached hydrogens (tertiary/aromatic N) is 2. The molecular weight excluding hydrogens is 304 g/mol. The van der Waals surface area contributed by atoms with Gasteiger partial charge in [-0.25, -0.2) is 4.98 Å². The maximum Gasteiger partial charge on any atom is 0.243 e. The standard InChI is InChI=1S/C18H24N4O2/c1-12-13(2)22(11-20-12)15-7-5-14(6-8-15)21-17(23)16-9-24-18(3,4)10-19-16/h5-8,11,16,19H,9-10H2,1-4H3,(H,21,23). The van der Waals surface area contributed by atoms with Crippen molar-refractivity contribution in [3.8, 4) is 5.69 Å². The molecule has 2 aromatic rings. The van der Waals surface area contributed by atoms with Gasteiger partial charge in [0.1, 0.15) is 6.04 Å².